The molecule has 1 heterocycles. The molecule has 0 aromatic heterocycles. The van der Waals surface area contributed by atoms with Gasteiger partial charge in [0.1, 0.15) is 0 Å². The van der Waals surface area contributed by atoms with E-state index in [1.54, 1.807) is 11.9 Å². The molecule has 6 nitrogen and oxygen atoms in total. The first kappa shape index (κ1) is 17.1. The summed E-state index contributed by atoms with van der Waals surface area (Å²) in [4.78, 5) is 20.0. The molecule has 0 radical (unpaired) electrons. The van der Waals surface area contributed by atoms with Gasteiger partial charge < -0.3 is 19.9 Å². The van der Waals surface area contributed by atoms with E-state index in [1.165, 1.54) is 11.1 Å². The Morgan fingerprint density at radius 2 is 1.78 bits per heavy atom. The zero-order chi connectivity index (χ0) is 16.7. The maximum absolute atomic E-state index is 11.7. The second kappa shape index (κ2) is 8.41. The lowest BCUT2D eigenvalue weighted by Crippen LogP contribution is -2.53. The van der Waals surface area contributed by atoms with Crippen molar-refractivity contribution in [3.63, 3.8) is 0 Å². The number of hydrogen-bond donors (Lipinski definition) is 1. The Hall–Kier alpha value is -2.24. The number of guanidine groups is 1. The van der Waals surface area contributed by atoms with E-state index in [4.69, 9.17) is 4.74 Å². The molecular weight excluding hydrogens is 292 g/mol. The predicted molar refractivity (Wildman–Crippen MR) is 91.5 cm³/mol. The minimum Gasteiger partial charge on any atom is -0.450 e. The molecule has 23 heavy (non-hydrogen) atoms. The molecule has 0 bridgehead atoms. The average Bonchev–Trinajstić information content (AvgIpc) is 2.58. The van der Waals surface area contributed by atoms with Crippen molar-refractivity contribution < 1.29 is 9.53 Å². The van der Waals surface area contributed by atoms with Crippen molar-refractivity contribution in [2.45, 2.75) is 20.4 Å². The molecular formula is C17H26N4O2. The topological polar surface area (TPSA) is 57.2 Å². The van der Waals surface area contributed by atoms with Gasteiger partial charge in [-0.2, -0.15) is 0 Å². The van der Waals surface area contributed by atoms with Crippen LogP contribution in [-0.4, -0.2) is 61.7 Å². The van der Waals surface area contributed by atoms with Crippen LogP contribution in [0.2, 0.25) is 0 Å². The SMILES string of the molecule is CCOC(=O)N1CCN(C(=NC)NCc2ccc(C)cc2)CC1. The van der Waals surface area contributed by atoms with Crippen molar-refractivity contribution in [2.75, 3.05) is 39.8 Å². The minimum absolute atomic E-state index is 0.227. The van der Waals surface area contributed by atoms with E-state index >= 15 is 0 Å². The molecule has 1 aromatic carbocycles. The van der Waals surface area contributed by atoms with E-state index in [0.717, 1.165) is 25.6 Å². The molecule has 0 atom stereocenters. The van der Waals surface area contributed by atoms with Gasteiger partial charge in [0.15, 0.2) is 5.96 Å². The average molecular weight is 318 g/mol. The van der Waals surface area contributed by atoms with E-state index < -0.39 is 0 Å². The van der Waals surface area contributed by atoms with E-state index in [2.05, 4.69) is 46.4 Å². The largest absolute Gasteiger partial charge is 0.450 e. The monoisotopic (exact) mass is 318 g/mol. The first-order valence-electron chi connectivity index (χ1n) is 8.07. The molecule has 0 spiro atoms. The summed E-state index contributed by atoms with van der Waals surface area (Å²) < 4.78 is 5.04. The van der Waals surface area contributed by atoms with Gasteiger partial charge in [-0.05, 0) is 19.4 Å². The molecule has 0 aliphatic carbocycles. The number of aryl methyl sites for hydroxylation is 1. The summed E-state index contributed by atoms with van der Waals surface area (Å²) in [7, 11) is 1.79. The Labute approximate surface area is 138 Å². The Morgan fingerprint density at radius 3 is 2.35 bits per heavy atom. The number of nitrogens with zero attached hydrogens (tertiary/aromatic N) is 3. The number of carbonyl (C=O) groups is 1. The van der Waals surface area contributed by atoms with Crippen LogP contribution in [-0.2, 0) is 11.3 Å². The molecule has 1 amide bonds. The maximum Gasteiger partial charge on any atom is 0.409 e. The van der Waals surface area contributed by atoms with Gasteiger partial charge >= 0.3 is 6.09 Å². The van der Waals surface area contributed by atoms with E-state index in [1.807, 2.05) is 6.92 Å². The molecule has 126 valence electrons. The quantitative estimate of drug-likeness (QED) is 0.682. The summed E-state index contributed by atoms with van der Waals surface area (Å²) in [5.41, 5.74) is 2.48. The van der Waals surface area contributed by atoms with Gasteiger partial charge in [-0.3, -0.25) is 4.99 Å². The van der Waals surface area contributed by atoms with Gasteiger partial charge in [-0.1, -0.05) is 29.8 Å². The summed E-state index contributed by atoms with van der Waals surface area (Å²) in [6.07, 6.45) is -0.227. The zero-order valence-electron chi connectivity index (χ0n) is 14.2. The second-order valence-corrected chi connectivity index (χ2v) is 5.56. The lowest BCUT2D eigenvalue weighted by atomic mass is 10.1. The predicted octanol–water partition coefficient (Wildman–Crippen LogP) is 1.84. The number of ether oxygens (including phenoxy) is 1. The highest BCUT2D eigenvalue weighted by atomic mass is 16.6. The first-order valence-corrected chi connectivity index (χ1v) is 8.07. The third kappa shape index (κ3) is 4.87. The highest BCUT2D eigenvalue weighted by molar-refractivity contribution is 5.80. The number of amides is 1. The van der Waals surface area contributed by atoms with Crippen LogP contribution in [0.1, 0.15) is 18.1 Å². The van der Waals surface area contributed by atoms with Crippen LogP contribution in [0.4, 0.5) is 4.79 Å². The van der Waals surface area contributed by atoms with Crippen molar-refractivity contribution in [2.24, 2.45) is 4.99 Å². The van der Waals surface area contributed by atoms with E-state index in [-0.39, 0.29) is 6.09 Å². The molecule has 1 aliphatic heterocycles. The van der Waals surface area contributed by atoms with Crippen LogP contribution in [0.25, 0.3) is 0 Å². The van der Waals surface area contributed by atoms with Gasteiger partial charge in [0.05, 0.1) is 6.61 Å². The fourth-order valence-electron chi connectivity index (χ4n) is 2.53. The first-order chi connectivity index (χ1) is 11.1. The van der Waals surface area contributed by atoms with Crippen LogP contribution in [0.3, 0.4) is 0 Å². The van der Waals surface area contributed by atoms with E-state index in [9.17, 15) is 4.79 Å². The van der Waals surface area contributed by atoms with Crippen LogP contribution in [0, 0.1) is 6.92 Å². The van der Waals surface area contributed by atoms with Crippen molar-refractivity contribution in [3.05, 3.63) is 35.4 Å². The standard InChI is InChI=1S/C17H26N4O2/c1-4-23-17(22)21-11-9-20(10-12-21)16(18-3)19-13-15-7-5-14(2)6-8-15/h5-8H,4,9-13H2,1-3H3,(H,18,19). The number of piperazine rings is 1. The molecule has 1 fully saturated rings. The van der Waals surface area contributed by atoms with Crippen molar-refractivity contribution in [3.8, 4) is 0 Å². The number of aliphatic imine (C=N–C) groups is 1. The van der Waals surface area contributed by atoms with Crippen LogP contribution in [0.5, 0.6) is 0 Å². The molecule has 1 aliphatic rings. The fraction of sp³-hybridized carbons (Fsp3) is 0.529. The molecule has 6 heteroatoms. The molecule has 0 unspecified atom stereocenters. The lowest BCUT2D eigenvalue weighted by Gasteiger charge is -2.35. The van der Waals surface area contributed by atoms with Gasteiger partial charge in [0, 0.05) is 39.8 Å². The lowest BCUT2D eigenvalue weighted by molar-refractivity contribution is 0.0914. The Morgan fingerprint density at radius 1 is 1.17 bits per heavy atom. The summed E-state index contributed by atoms with van der Waals surface area (Å²) in [5.74, 6) is 0.870. The fourth-order valence-corrected chi connectivity index (χ4v) is 2.53. The third-order valence-electron chi connectivity index (χ3n) is 3.89. The van der Waals surface area contributed by atoms with Crippen molar-refractivity contribution in [1.29, 1.82) is 0 Å². The van der Waals surface area contributed by atoms with Crippen molar-refractivity contribution >= 4 is 12.1 Å². The summed E-state index contributed by atoms with van der Waals surface area (Å²) in [6, 6.07) is 8.46. The molecule has 1 aromatic rings. The summed E-state index contributed by atoms with van der Waals surface area (Å²) in [5, 5.41) is 3.39. The third-order valence-corrected chi connectivity index (χ3v) is 3.89. The number of benzene rings is 1. The number of carbonyl (C=O) groups excluding carboxylic acids is 1. The Kier molecular flexibility index (Phi) is 6.26. The Balaban J connectivity index is 1.83. The number of rotatable bonds is 3. The van der Waals surface area contributed by atoms with Gasteiger partial charge in [-0.25, -0.2) is 4.79 Å². The zero-order valence-corrected chi connectivity index (χ0v) is 14.2. The van der Waals surface area contributed by atoms with Gasteiger partial charge in [0.2, 0.25) is 0 Å². The maximum atomic E-state index is 11.7. The second-order valence-electron chi connectivity index (χ2n) is 5.56. The normalized spacial score (nSPS) is 15.5. The molecule has 1 saturated heterocycles. The van der Waals surface area contributed by atoms with Gasteiger partial charge in [-0.15, -0.1) is 0 Å². The van der Waals surface area contributed by atoms with E-state index in [0.29, 0.717) is 19.7 Å². The van der Waals surface area contributed by atoms with Crippen LogP contribution >= 0.6 is 0 Å². The number of hydrogen-bond acceptors (Lipinski definition) is 3. The number of nitrogens with one attached hydrogen (secondary N) is 1. The van der Waals surface area contributed by atoms with Gasteiger partial charge in [0.25, 0.3) is 0 Å². The Bertz CT molecular complexity index is 534. The molecule has 2 rings (SSSR count). The highest BCUT2D eigenvalue weighted by Crippen LogP contribution is 2.06. The van der Waals surface area contributed by atoms with Crippen LogP contribution in [0.15, 0.2) is 29.3 Å². The summed E-state index contributed by atoms with van der Waals surface area (Å²) in [6.45, 7) is 7.89. The minimum atomic E-state index is -0.227. The smallest absolute Gasteiger partial charge is 0.409 e. The van der Waals surface area contributed by atoms with Crippen molar-refractivity contribution in [1.82, 2.24) is 15.1 Å². The highest BCUT2D eigenvalue weighted by Gasteiger charge is 2.23. The van der Waals surface area contributed by atoms with Crippen LogP contribution < -0.4 is 5.32 Å². The summed E-state index contributed by atoms with van der Waals surface area (Å²) >= 11 is 0. The molecule has 0 saturated carbocycles. The molecule has 1 N–H and O–H groups in total.